The van der Waals surface area contributed by atoms with E-state index in [0.717, 1.165) is 22.7 Å². The minimum atomic E-state index is 0.111. The van der Waals surface area contributed by atoms with Crippen molar-refractivity contribution in [3.63, 3.8) is 0 Å². The van der Waals surface area contributed by atoms with Gasteiger partial charge in [0.25, 0.3) is 0 Å². The summed E-state index contributed by atoms with van der Waals surface area (Å²) >= 11 is 0. The number of nitrogens with one attached hydrogen (secondary N) is 2. The van der Waals surface area contributed by atoms with Crippen molar-refractivity contribution in [3.05, 3.63) is 54.2 Å². The number of rotatable bonds is 7. The SMILES string of the molecule is CNc1cc(Oc2cnc(N)nc2N)c(C(C)C)cc1OC.O=CNc1ccccc1. The Morgan fingerprint density at radius 3 is 2.32 bits per heavy atom. The van der Waals surface area contributed by atoms with Gasteiger partial charge < -0.3 is 31.6 Å². The fourth-order valence-electron chi connectivity index (χ4n) is 2.68. The van der Waals surface area contributed by atoms with Gasteiger partial charge in [-0.05, 0) is 24.1 Å². The first kappa shape index (κ1) is 23.3. The predicted octanol–water partition coefficient (Wildman–Crippen LogP) is 3.86. The van der Waals surface area contributed by atoms with Crippen LogP contribution in [0.2, 0.25) is 0 Å². The fraction of sp³-hybridized carbons (Fsp3) is 0.227. The smallest absolute Gasteiger partial charge is 0.222 e. The first-order valence-electron chi connectivity index (χ1n) is 9.60. The number of methoxy groups -OCH3 is 1. The molecule has 1 aromatic heterocycles. The number of carbonyl (C=O) groups excluding carboxylic acids is 1. The second-order valence-corrected chi connectivity index (χ2v) is 6.70. The maximum absolute atomic E-state index is 9.86. The van der Waals surface area contributed by atoms with Crippen molar-refractivity contribution < 1.29 is 14.3 Å². The lowest BCUT2D eigenvalue weighted by Crippen LogP contribution is -2.04. The Morgan fingerprint density at radius 2 is 1.77 bits per heavy atom. The first-order valence-corrected chi connectivity index (χ1v) is 9.60. The average molecular weight is 425 g/mol. The molecule has 0 aliphatic carbocycles. The lowest BCUT2D eigenvalue weighted by atomic mass is 10.0. The Labute approximate surface area is 181 Å². The number of hydrogen-bond donors (Lipinski definition) is 4. The molecule has 0 bridgehead atoms. The third-order valence-electron chi connectivity index (χ3n) is 4.24. The van der Waals surface area contributed by atoms with E-state index in [0.29, 0.717) is 17.9 Å². The molecule has 0 aliphatic rings. The van der Waals surface area contributed by atoms with Gasteiger partial charge in [-0.1, -0.05) is 32.0 Å². The zero-order valence-electron chi connectivity index (χ0n) is 18.0. The zero-order chi connectivity index (χ0) is 22.8. The summed E-state index contributed by atoms with van der Waals surface area (Å²) in [6, 6.07) is 13.1. The molecular formula is C22H28N6O3. The highest BCUT2D eigenvalue weighted by Crippen LogP contribution is 2.39. The Kier molecular flexibility index (Phi) is 8.44. The molecule has 3 rings (SSSR count). The van der Waals surface area contributed by atoms with Gasteiger partial charge in [-0.2, -0.15) is 4.98 Å². The number of amides is 1. The molecule has 6 N–H and O–H groups in total. The normalized spacial score (nSPS) is 9.97. The van der Waals surface area contributed by atoms with Gasteiger partial charge in [0.2, 0.25) is 12.4 Å². The summed E-state index contributed by atoms with van der Waals surface area (Å²) in [4.78, 5) is 17.7. The number of nitrogen functional groups attached to an aromatic ring is 2. The number of para-hydroxylation sites is 1. The van der Waals surface area contributed by atoms with Gasteiger partial charge in [0.05, 0.1) is 19.0 Å². The molecule has 31 heavy (non-hydrogen) atoms. The molecule has 0 aliphatic heterocycles. The van der Waals surface area contributed by atoms with E-state index in [1.54, 1.807) is 7.11 Å². The van der Waals surface area contributed by atoms with Crippen LogP contribution in [0.3, 0.4) is 0 Å². The molecule has 1 amide bonds. The van der Waals surface area contributed by atoms with Crippen molar-refractivity contribution >= 4 is 29.6 Å². The number of nitrogens with two attached hydrogens (primary N) is 2. The third-order valence-corrected chi connectivity index (χ3v) is 4.24. The Bertz CT molecular complexity index is 996. The maximum Gasteiger partial charge on any atom is 0.222 e. The molecule has 0 atom stereocenters. The first-order chi connectivity index (χ1) is 14.9. The minimum absolute atomic E-state index is 0.111. The van der Waals surface area contributed by atoms with Gasteiger partial charge in [0.15, 0.2) is 11.6 Å². The van der Waals surface area contributed by atoms with E-state index in [1.165, 1.54) is 6.20 Å². The maximum atomic E-state index is 9.86. The number of anilines is 4. The van der Waals surface area contributed by atoms with Crippen LogP contribution in [0.25, 0.3) is 0 Å². The van der Waals surface area contributed by atoms with Crippen molar-refractivity contribution in [3.8, 4) is 17.2 Å². The van der Waals surface area contributed by atoms with Crippen molar-refractivity contribution in [1.29, 1.82) is 0 Å². The van der Waals surface area contributed by atoms with Crippen molar-refractivity contribution in [2.45, 2.75) is 19.8 Å². The van der Waals surface area contributed by atoms with Gasteiger partial charge >= 0.3 is 0 Å². The Morgan fingerprint density at radius 1 is 1.06 bits per heavy atom. The van der Waals surface area contributed by atoms with E-state index in [-0.39, 0.29) is 17.7 Å². The number of carbonyl (C=O) groups is 1. The lowest BCUT2D eigenvalue weighted by Gasteiger charge is -2.18. The van der Waals surface area contributed by atoms with E-state index in [4.69, 9.17) is 20.9 Å². The average Bonchev–Trinajstić information content (AvgIpc) is 2.76. The zero-order valence-corrected chi connectivity index (χ0v) is 18.0. The number of aromatic nitrogens is 2. The van der Waals surface area contributed by atoms with E-state index in [2.05, 4.69) is 34.4 Å². The summed E-state index contributed by atoms with van der Waals surface area (Å²) in [6.45, 7) is 4.15. The molecule has 9 heteroatoms. The summed E-state index contributed by atoms with van der Waals surface area (Å²) in [5.74, 6) is 2.33. The second-order valence-electron chi connectivity index (χ2n) is 6.70. The standard InChI is InChI=1S/C15H21N5O2.C7H7NO/c1-8(2)9-5-12(21-4)10(18-3)6-11(9)22-13-7-19-15(17)20-14(13)16;9-6-8-7-4-2-1-3-5-7/h5-8,18H,1-4H3,(H4,16,17,19,20);1-6H,(H,8,9). The molecule has 0 fully saturated rings. The number of benzene rings is 2. The Balaban J connectivity index is 0.000000316. The lowest BCUT2D eigenvalue weighted by molar-refractivity contribution is -0.105. The van der Waals surface area contributed by atoms with E-state index in [1.807, 2.05) is 49.5 Å². The quantitative estimate of drug-likeness (QED) is 0.420. The second kappa shape index (κ2) is 11.2. The molecule has 0 unspecified atom stereocenters. The summed E-state index contributed by atoms with van der Waals surface area (Å²) in [5.41, 5.74) is 14.0. The monoisotopic (exact) mass is 424 g/mol. The highest BCUT2D eigenvalue weighted by Gasteiger charge is 2.16. The van der Waals surface area contributed by atoms with Crippen molar-refractivity contribution in [1.82, 2.24) is 9.97 Å². The molecule has 0 spiro atoms. The molecule has 3 aromatic rings. The number of hydrogen-bond acceptors (Lipinski definition) is 8. The minimum Gasteiger partial charge on any atom is -0.495 e. The molecular weight excluding hydrogens is 396 g/mol. The van der Waals surface area contributed by atoms with Crippen molar-refractivity contribution in [2.75, 3.05) is 36.3 Å². The predicted molar refractivity (Wildman–Crippen MR) is 124 cm³/mol. The molecule has 9 nitrogen and oxygen atoms in total. The van der Waals surface area contributed by atoms with Gasteiger partial charge in [-0.3, -0.25) is 4.79 Å². The molecule has 1 heterocycles. The van der Waals surface area contributed by atoms with E-state index in [9.17, 15) is 4.79 Å². The largest absolute Gasteiger partial charge is 0.495 e. The number of ether oxygens (including phenoxy) is 2. The topological polar surface area (TPSA) is 137 Å². The van der Waals surface area contributed by atoms with Crippen LogP contribution in [0, 0.1) is 0 Å². The van der Waals surface area contributed by atoms with Crippen LogP contribution in [0.15, 0.2) is 48.7 Å². The van der Waals surface area contributed by atoms with Crippen LogP contribution in [-0.4, -0.2) is 30.5 Å². The van der Waals surface area contributed by atoms with Crippen LogP contribution < -0.4 is 31.6 Å². The summed E-state index contributed by atoms with van der Waals surface area (Å²) in [5, 5.41) is 5.60. The number of nitrogens with zero attached hydrogens (tertiary/aromatic N) is 2. The van der Waals surface area contributed by atoms with Crippen LogP contribution >= 0.6 is 0 Å². The molecule has 0 saturated carbocycles. The third kappa shape index (κ3) is 6.49. The van der Waals surface area contributed by atoms with Crippen LogP contribution in [0.5, 0.6) is 17.2 Å². The van der Waals surface area contributed by atoms with Crippen LogP contribution in [-0.2, 0) is 4.79 Å². The van der Waals surface area contributed by atoms with Crippen LogP contribution in [0.4, 0.5) is 23.1 Å². The van der Waals surface area contributed by atoms with E-state index >= 15 is 0 Å². The van der Waals surface area contributed by atoms with Gasteiger partial charge in [-0.25, -0.2) is 4.98 Å². The van der Waals surface area contributed by atoms with Gasteiger partial charge in [0, 0.05) is 24.4 Å². The van der Waals surface area contributed by atoms with Gasteiger partial charge in [-0.15, -0.1) is 0 Å². The molecule has 2 aromatic carbocycles. The van der Waals surface area contributed by atoms with Gasteiger partial charge in [0.1, 0.15) is 11.5 Å². The molecule has 0 radical (unpaired) electrons. The van der Waals surface area contributed by atoms with E-state index < -0.39 is 0 Å². The highest BCUT2D eigenvalue weighted by atomic mass is 16.5. The highest BCUT2D eigenvalue weighted by molar-refractivity contribution is 5.70. The fourth-order valence-corrected chi connectivity index (χ4v) is 2.68. The van der Waals surface area contributed by atoms with Crippen molar-refractivity contribution in [2.24, 2.45) is 0 Å². The molecule has 0 saturated heterocycles. The summed E-state index contributed by atoms with van der Waals surface area (Å²) in [6.07, 6.45) is 2.13. The Hall–Kier alpha value is -4.01. The van der Waals surface area contributed by atoms with Crippen LogP contribution in [0.1, 0.15) is 25.3 Å². The summed E-state index contributed by atoms with van der Waals surface area (Å²) in [7, 11) is 3.45. The molecule has 164 valence electrons. The summed E-state index contributed by atoms with van der Waals surface area (Å²) < 4.78 is 11.3.